The van der Waals surface area contributed by atoms with Crippen LogP contribution in [0.1, 0.15) is 50.9 Å². The molecule has 0 spiro atoms. The predicted octanol–water partition coefficient (Wildman–Crippen LogP) is 4.35. The fourth-order valence-corrected chi connectivity index (χ4v) is 2.21. The predicted molar refractivity (Wildman–Crippen MR) is 85.6 cm³/mol. The molecule has 0 saturated heterocycles. The third-order valence-corrected chi connectivity index (χ3v) is 3.48. The lowest BCUT2D eigenvalue weighted by Crippen LogP contribution is -2.28. The molecule has 0 amide bonds. The molecule has 2 unspecified atom stereocenters. The van der Waals surface area contributed by atoms with Crippen LogP contribution in [-0.2, 0) is 5.41 Å². The summed E-state index contributed by atoms with van der Waals surface area (Å²) >= 11 is 0. The number of ether oxygens (including phenoxy) is 1. The Morgan fingerprint density at radius 3 is 2.38 bits per heavy atom. The molecule has 2 aromatic rings. The maximum absolute atomic E-state index is 6.09. The van der Waals surface area contributed by atoms with Crippen LogP contribution >= 0.6 is 0 Å². The van der Waals surface area contributed by atoms with Crippen LogP contribution in [0.15, 0.2) is 40.8 Å². The number of nitrogens with two attached hydrogens (primary N) is 1. The smallest absolute Gasteiger partial charge is 0.171 e. The van der Waals surface area contributed by atoms with Gasteiger partial charge in [0.15, 0.2) is 6.10 Å². The molecule has 3 nitrogen and oxygen atoms in total. The summed E-state index contributed by atoms with van der Waals surface area (Å²) < 4.78 is 11.8. The molecule has 1 aromatic carbocycles. The normalized spacial score (nSPS) is 14.8. The van der Waals surface area contributed by atoms with Gasteiger partial charge < -0.3 is 14.9 Å². The summed E-state index contributed by atoms with van der Waals surface area (Å²) in [6.07, 6.45) is -0.283. The summed E-state index contributed by atoms with van der Waals surface area (Å²) in [5.41, 5.74) is 7.39. The van der Waals surface area contributed by atoms with E-state index in [9.17, 15) is 0 Å². The van der Waals surface area contributed by atoms with Crippen LogP contribution in [0.2, 0.25) is 0 Å². The van der Waals surface area contributed by atoms with E-state index in [0.29, 0.717) is 0 Å². The molecule has 2 rings (SSSR count). The molecular formula is C18H25NO2. The van der Waals surface area contributed by atoms with Gasteiger partial charge in [0, 0.05) is 6.04 Å². The Labute approximate surface area is 127 Å². The SMILES string of the molecule is Cc1ccc(C(Oc2cccc(C(C)(C)C)c2)C(C)N)o1. The van der Waals surface area contributed by atoms with Gasteiger partial charge in [0.05, 0.1) is 0 Å². The first-order valence-electron chi connectivity index (χ1n) is 7.36. The number of hydrogen-bond donors (Lipinski definition) is 1. The Morgan fingerprint density at radius 2 is 1.86 bits per heavy atom. The third kappa shape index (κ3) is 3.88. The zero-order chi connectivity index (χ0) is 15.6. The van der Waals surface area contributed by atoms with Crippen molar-refractivity contribution >= 4 is 0 Å². The molecule has 114 valence electrons. The number of rotatable bonds is 4. The highest BCUT2D eigenvalue weighted by molar-refractivity contribution is 5.33. The topological polar surface area (TPSA) is 48.4 Å². The van der Waals surface area contributed by atoms with Gasteiger partial charge in [0.1, 0.15) is 17.3 Å². The van der Waals surface area contributed by atoms with Gasteiger partial charge in [0.2, 0.25) is 0 Å². The maximum Gasteiger partial charge on any atom is 0.171 e. The Bertz CT molecular complexity index is 593. The highest BCUT2D eigenvalue weighted by Gasteiger charge is 2.22. The van der Waals surface area contributed by atoms with Crippen LogP contribution in [-0.4, -0.2) is 6.04 Å². The van der Waals surface area contributed by atoms with Crippen LogP contribution < -0.4 is 10.5 Å². The van der Waals surface area contributed by atoms with Crippen molar-refractivity contribution in [2.75, 3.05) is 0 Å². The van der Waals surface area contributed by atoms with Crippen molar-refractivity contribution in [3.05, 3.63) is 53.5 Å². The van der Waals surface area contributed by atoms with Crippen LogP contribution in [0.4, 0.5) is 0 Å². The summed E-state index contributed by atoms with van der Waals surface area (Å²) in [7, 11) is 0. The summed E-state index contributed by atoms with van der Waals surface area (Å²) in [5, 5.41) is 0. The summed E-state index contributed by atoms with van der Waals surface area (Å²) in [6.45, 7) is 10.4. The summed E-state index contributed by atoms with van der Waals surface area (Å²) in [6, 6.07) is 11.9. The van der Waals surface area contributed by atoms with Crippen molar-refractivity contribution in [2.24, 2.45) is 5.73 Å². The van der Waals surface area contributed by atoms with Gasteiger partial charge in [0.25, 0.3) is 0 Å². The molecule has 3 heteroatoms. The molecule has 0 saturated carbocycles. The molecule has 0 aliphatic carbocycles. The van der Waals surface area contributed by atoms with Gasteiger partial charge in [-0.3, -0.25) is 0 Å². The van der Waals surface area contributed by atoms with E-state index >= 15 is 0 Å². The molecule has 0 fully saturated rings. The second kappa shape index (κ2) is 5.94. The second-order valence-corrected chi connectivity index (χ2v) is 6.62. The second-order valence-electron chi connectivity index (χ2n) is 6.62. The summed E-state index contributed by atoms with van der Waals surface area (Å²) in [4.78, 5) is 0. The van der Waals surface area contributed by atoms with Crippen molar-refractivity contribution in [1.82, 2.24) is 0 Å². The molecule has 1 heterocycles. The van der Waals surface area contributed by atoms with Crippen LogP contribution in [0, 0.1) is 6.92 Å². The average molecular weight is 287 g/mol. The quantitative estimate of drug-likeness (QED) is 0.909. The Morgan fingerprint density at radius 1 is 1.14 bits per heavy atom. The first kappa shape index (κ1) is 15.6. The Balaban J connectivity index is 2.26. The maximum atomic E-state index is 6.09. The molecule has 2 atom stereocenters. The average Bonchev–Trinajstić information content (AvgIpc) is 2.81. The monoisotopic (exact) mass is 287 g/mol. The minimum absolute atomic E-state index is 0.0878. The lowest BCUT2D eigenvalue weighted by molar-refractivity contribution is 0.151. The molecule has 0 aliphatic rings. The van der Waals surface area contributed by atoms with Crippen molar-refractivity contribution in [3.8, 4) is 5.75 Å². The van der Waals surface area contributed by atoms with E-state index in [4.69, 9.17) is 14.9 Å². The minimum Gasteiger partial charge on any atom is -0.481 e. The fourth-order valence-electron chi connectivity index (χ4n) is 2.21. The van der Waals surface area contributed by atoms with Gasteiger partial charge >= 0.3 is 0 Å². The van der Waals surface area contributed by atoms with Gasteiger partial charge in [-0.1, -0.05) is 32.9 Å². The highest BCUT2D eigenvalue weighted by atomic mass is 16.5. The van der Waals surface area contributed by atoms with Crippen molar-refractivity contribution in [1.29, 1.82) is 0 Å². The minimum atomic E-state index is -0.283. The van der Waals surface area contributed by atoms with E-state index in [1.807, 2.05) is 38.1 Å². The van der Waals surface area contributed by atoms with Crippen LogP contribution in [0.5, 0.6) is 5.75 Å². The van der Waals surface area contributed by atoms with E-state index in [-0.39, 0.29) is 17.6 Å². The lowest BCUT2D eigenvalue weighted by Gasteiger charge is -2.23. The third-order valence-electron chi connectivity index (χ3n) is 3.48. The zero-order valence-electron chi connectivity index (χ0n) is 13.5. The molecule has 2 N–H and O–H groups in total. The van der Waals surface area contributed by atoms with Crippen LogP contribution in [0.3, 0.4) is 0 Å². The van der Waals surface area contributed by atoms with Crippen molar-refractivity contribution in [2.45, 2.75) is 52.2 Å². The van der Waals surface area contributed by atoms with E-state index in [0.717, 1.165) is 17.3 Å². The molecule has 1 aromatic heterocycles. The molecule has 21 heavy (non-hydrogen) atoms. The van der Waals surface area contributed by atoms with Gasteiger partial charge in [-0.25, -0.2) is 0 Å². The number of benzene rings is 1. The first-order chi connectivity index (χ1) is 9.77. The number of furan rings is 1. The van der Waals surface area contributed by atoms with E-state index in [1.54, 1.807) is 0 Å². The van der Waals surface area contributed by atoms with Crippen LogP contribution in [0.25, 0.3) is 0 Å². The molecule has 0 radical (unpaired) electrons. The number of aryl methyl sites for hydroxylation is 1. The standard InChI is InChI=1S/C18H25NO2/c1-12-9-10-16(20-12)17(13(2)19)21-15-8-6-7-14(11-15)18(3,4)5/h6-11,13,17H,19H2,1-5H3. The first-order valence-corrected chi connectivity index (χ1v) is 7.36. The van der Waals surface area contributed by atoms with Gasteiger partial charge in [-0.05, 0) is 49.1 Å². The van der Waals surface area contributed by atoms with Crippen molar-refractivity contribution in [3.63, 3.8) is 0 Å². The van der Waals surface area contributed by atoms with Gasteiger partial charge in [-0.2, -0.15) is 0 Å². The molecule has 0 bridgehead atoms. The molecular weight excluding hydrogens is 262 g/mol. The van der Waals surface area contributed by atoms with Gasteiger partial charge in [-0.15, -0.1) is 0 Å². The van der Waals surface area contributed by atoms with E-state index < -0.39 is 0 Å². The Kier molecular flexibility index (Phi) is 4.43. The lowest BCUT2D eigenvalue weighted by atomic mass is 9.87. The highest BCUT2D eigenvalue weighted by Crippen LogP contribution is 2.29. The fraction of sp³-hybridized carbons (Fsp3) is 0.444. The van der Waals surface area contributed by atoms with Crippen molar-refractivity contribution < 1.29 is 9.15 Å². The van der Waals surface area contributed by atoms with E-state index in [2.05, 4.69) is 32.9 Å². The summed E-state index contributed by atoms with van der Waals surface area (Å²) in [5.74, 6) is 2.45. The Hall–Kier alpha value is -1.74. The van der Waals surface area contributed by atoms with E-state index in [1.165, 1.54) is 5.56 Å². The molecule has 0 aliphatic heterocycles. The largest absolute Gasteiger partial charge is 0.481 e. The zero-order valence-corrected chi connectivity index (χ0v) is 13.5. The number of hydrogen-bond acceptors (Lipinski definition) is 3.